The molecule has 0 saturated heterocycles. The minimum Gasteiger partial charge on any atom is -0.468 e. The minimum absolute atomic E-state index is 0.101. The van der Waals surface area contributed by atoms with E-state index in [1.165, 1.54) is 12.8 Å². The molecule has 2 rings (SSSR count). The van der Waals surface area contributed by atoms with E-state index in [-0.39, 0.29) is 11.8 Å². The largest absolute Gasteiger partial charge is 0.468 e. The van der Waals surface area contributed by atoms with Crippen molar-refractivity contribution in [3.63, 3.8) is 0 Å². The zero-order valence-corrected chi connectivity index (χ0v) is 10.1. The van der Waals surface area contributed by atoms with E-state index in [1.807, 2.05) is 19.1 Å². The van der Waals surface area contributed by atoms with Crippen LogP contribution >= 0.6 is 0 Å². The molecule has 5 nitrogen and oxygen atoms in total. The molecule has 5 heteroatoms. The van der Waals surface area contributed by atoms with Crippen molar-refractivity contribution in [2.24, 2.45) is 11.8 Å². The van der Waals surface area contributed by atoms with Gasteiger partial charge in [0.15, 0.2) is 0 Å². The number of hydrogen-bond donors (Lipinski definition) is 2. The zero-order chi connectivity index (χ0) is 12.3. The van der Waals surface area contributed by atoms with E-state index in [4.69, 9.17) is 10.3 Å². The van der Waals surface area contributed by atoms with Crippen LogP contribution in [-0.4, -0.2) is 23.4 Å². The predicted molar refractivity (Wildman–Crippen MR) is 63.6 cm³/mol. The smallest absolute Gasteiger partial charge is 0.237 e. The summed E-state index contributed by atoms with van der Waals surface area (Å²) >= 11 is 0. The maximum Gasteiger partial charge on any atom is 0.237 e. The molecule has 0 aliphatic heterocycles. The van der Waals surface area contributed by atoms with Crippen LogP contribution in [0.4, 0.5) is 0 Å². The number of nitrogens with zero attached hydrogens (tertiary/aromatic N) is 1. The average molecular weight is 237 g/mol. The van der Waals surface area contributed by atoms with Crippen LogP contribution in [0, 0.1) is 5.92 Å². The molecule has 17 heavy (non-hydrogen) atoms. The van der Waals surface area contributed by atoms with Gasteiger partial charge in [-0.3, -0.25) is 15.1 Å². The maximum absolute atomic E-state index is 11.4. The lowest BCUT2D eigenvalue weighted by atomic mass is 10.1. The van der Waals surface area contributed by atoms with Crippen LogP contribution in [-0.2, 0) is 11.3 Å². The molecule has 94 valence electrons. The molecule has 1 unspecified atom stereocenters. The van der Waals surface area contributed by atoms with Crippen LogP contribution in [0.15, 0.2) is 22.8 Å². The van der Waals surface area contributed by atoms with E-state index in [2.05, 4.69) is 10.3 Å². The molecule has 1 heterocycles. The Morgan fingerprint density at radius 3 is 3.00 bits per heavy atom. The molecule has 1 aliphatic carbocycles. The van der Waals surface area contributed by atoms with E-state index >= 15 is 0 Å². The van der Waals surface area contributed by atoms with Gasteiger partial charge < -0.3 is 4.42 Å². The lowest BCUT2D eigenvalue weighted by Gasteiger charge is -2.23. The molecule has 1 aliphatic rings. The molecule has 1 amide bonds. The quantitative estimate of drug-likeness (QED) is 0.437. The van der Waals surface area contributed by atoms with E-state index in [1.54, 1.807) is 6.26 Å². The summed E-state index contributed by atoms with van der Waals surface area (Å²) in [6.45, 7) is 3.37. The first-order chi connectivity index (χ1) is 8.20. The van der Waals surface area contributed by atoms with Crippen molar-refractivity contribution in [1.82, 2.24) is 10.3 Å². The van der Waals surface area contributed by atoms with Crippen LogP contribution < -0.4 is 11.3 Å². The van der Waals surface area contributed by atoms with E-state index in [9.17, 15) is 4.79 Å². The van der Waals surface area contributed by atoms with Gasteiger partial charge in [0.2, 0.25) is 5.91 Å². The van der Waals surface area contributed by atoms with Crippen molar-refractivity contribution in [2.75, 3.05) is 6.54 Å². The minimum atomic E-state index is -0.116. The second-order valence-corrected chi connectivity index (χ2v) is 4.65. The Hall–Kier alpha value is -1.33. The Labute approximate surface area is 101 Å². The lowest BCUT2D eigenvalue weighted by Crippen LogP contribution is -2.41. The van der Waals surface area contributed by atoms with Crippen molar-refractivity contribution in [1.29, 1.82) is 0 Å². The van der Waals surface area contributed by atoms with Gasteiger partial charge in [-0.2, -0.15) is 0 Å². The van der Waals surface area contributed by atoms with Gasteiger partial charge in [0.25, 0.3) is 0 Å². The molecular formula is C12H19N3O2. The molecule has 0 aromatic carbocycles. The van der Waals surface area contributed by atoms with Gasteiger partial charge in [0.1, 0.15) is 5.76 Å². The third-order valence-corrected chi connectivity index (χ3v) is 3.10. The fourth-order valence-electron chi connectivity index (χ4n) is 1.96. The summed E-state index contributed by atoms with van der Waals surface area (Å²) in [6.07, 6.45) is 4.09. The van der Waals surface area contributed by atoms with Crippen molar-refractivity contribution < 1.29 is 9.21 Å². The van der Waals surface area contributed by atoms with E-state index < -0.39 is 0 Å². The van der Waals surface area contributed by atoms with E-state index in [0.717, 1.165) is 12.3 Å². The van der Waals surface area contributed by atoms with Crippen LogP contribution in [0.2, 0.25) is 0 Å². The first-order valence-corrected chi connectivity index (χ1v) is 5.97. The van der Waals surface area contributed by atoms with E-state index in [0.29, 0.717) is 12.6 Å². The SMILES string of the molecule is CC(CN(Cc1ccco1)C1CC1)C(=O)NN. The molecule has 0 spiro atoms. The number of furan rings is 1. The van der Waals surface area contributed by atoms with Gasteiger partial charge >= 0.3 is 0 Å². The Kier molecular flexibility index (Phi) is 3.81. The highest BCUT2D eigenvalue weighted by molar-refractivity contribution is 5.77. The summed E-state index contributed by atoms with van der Waals surface area (Å²) in [5.41, 5.74) is 2.20. The number of hydrogen-bond acceptors (Lipinski definition) is 4. The second kappa shape index (κ2) is 5.33. The zero-order valence-electron chi connectivity index (χ0n) is 10.1. The van der Waals surface area contributed by atoms with Crippen molar-refractivity contribution in [2.45, 2.75) is 32.4 Å². The summed E-state index contributed by atoms with van der Waals surface area (Å²) in [5.74, 6) is 5.86. The molecule has 0 radical (unpaired) electrons. The molecule has 1 saturated carbocycles. The predicted octanol–water partition coefficient (Wildman–Crippen LogP) is 0.870. The average Bonchev–Trinajstić information content (AvgIpc) is 3.06. The molecule has 3 N–H and O–H groups in total. The Morgan fingerprint density at radius 1 is 1.71 bits per heavy atom. The number of hydrazine groups is 1. The monoisotopic (exact) mass is 237 g/mol. The van der Waals surface area contributed by atoms with Gasteiger partial charge in [-0.05, 0) is 25.0 Å². The highest BCUT2D eigenvalue weighted by atomic mass is 16.3. The normalized spacial score (nSPS) is 17.1. The van der Waals surface area contributed by atoms with Crippen molar-refractivity contribution in [3.05, 3.63) is 24.2 Å². The summed E-state index contributed by atoms with van der Waals surface area (Å²) in [5, 5.41) is 0. The summed E-state index contributed by atoms with van der Waals surface area (Å²) < 4.78 is 5.34. The molecule has 0 bridgehead atoms. The van der Waals surface area contributed by atoms with Gasteiger partial charge in [0, 0.05) is 18.5 Å². The number of nitrogens with one attached hydrogen (secondary N) is 1. The van der Waals surface area contributed by atoms with Crippen LogP contribution in [0.3, 0.4) is 0 Å². The van der Waals surface area contributed by atoms with Crippen LogP contribution in [0.5, 0.6) is 0 Å². The van der Waals surface area contributed by atoms with Gasteiger partial charge in [-0.15, -0.1) is 0 Å². The summed E-state index contributed by atoms with van der Waals surface area (Å²) in [7, 11) is 0. The molecule has 1 fully saturated rings. The fraction of sp³-hybridized carbons (Fsp3) is 0.583. The topological polar surface area (TPSA) is 71.5 Å². The number of amides is 1. The van der Waals surface area contributed by atoms with Crippen LogP contribution in [0.1, 0.15) is 25.5 Å². The number of rotatable bonds is 6. The lowest BCUT2D eigenvalue weighted by molar-refractivity contribution is -0.125. The molecular weight excluding hydrogens is 218 g/mol. The highest BCUT2D eigenvalue weighted by Gasteiger charge is 2.31. The maximum atomic E-state index is 11.4. The number of nitrogens with two attached hydrogens (primary N) is 1. The summed E-state index contributed by atoms with van der Waals surface area (Å²) in [4.78, 5) is 13.7. The second-order valence-electron chi connectivity index (χ2n) is 4.65. The Morgan fingerprint density at radius 2 is 2.47 bits per heavy atom. The van der Waals surface area contributed by atoms with Crippen LogP contribution in [0.25, 0.3) is 0 Å². The fourth-order valence-corrected chi connectivity index (χ4v) is 1.96. The van der Waals surface area contributed by atoms with Gasteiger partial charge in [-0.1, -0.05) is 6.92 Å². The molecule has 1 atom stereocenters. The highest BCUT2D eigenvalue weighted by Crippen LogP contribution is 2.29. The number of carbonyl (C=O) groups is 1. The molecule has 1 aromatic heterocycles. The van der Waals surface area contributed by atoms with Crippen molar-refractivity contribution >= 4 is 5.91 Å². The first-order valence-electron chi connectivity index (χ1n) is 5.97. The number of carbonyl (C=O) groups excluding carboxylic acids is 1. The van der Waals surface area contributed by atoms with Gasteiger partial charge in [-0.25, -0.2) is 5.84 Å². The third kappa shape index (κ3) is 3.31. The Bertz CT molecular complexity index is 360. The van der Waals surface area contributed by atoms with Gasteiger partial charge in [0.05, 0.1) is 12.8 Å². The van der Waals surface area contributed by atoms with Crippen molar-refractivity contribution in [3.8, 4) is 0 Å². The summed E-state index contributed by atoms with van der Waals surface area (Å²) in [6, 6.07) is 4.44. The standard InChI is InChI=1S/C12H19N3O2/c1-9(12(16)14-13)7-15(10-4-5-10)8-11-3-2-6-17-11/h2-3,6,9-10H,4-5,7-8,13H2,1H3,(H,14,16). The molecule has 1 aromatic rings. The third-order valence-electron chi connectivity index (χ3n) is 3.10. The Balaban J connectivity index is 1.91. The first kappa shape index (κ1) is 12.1.